The van der Waals surface area contributed by atoms with Crippen LogP contribution in [0.5, 0.6) is 5.75 Å². The molecule has 0 radical (unpaired) electrons. The lowest BCUT2D eigenvalue weighted by Crippen LogP contribution is -2.33. The molecule has 0 aliphatic carbocycles. The van der Waals surface area contributed by atoms with Crippen LogP contribution in [0.15, 0.2) is 18.2 Å². The summed E-state index contributed by atoms with van der Waals surface area (Å²) in [6, 6.07) is 4.19. The van der Waals surface area contributed by atoms with E-state index in [0.29, 0.717) is 16.5 Å². The first kappa shape index (κ1) is 16.1. The first-order valence-electron chi connectivity index (χ1n) is 5.73. The molecule has 2 amide bonds. The molecule has 0 fully saturated rings. The number of hydrogen-bond donors (Lipinski definition) is 4. The number of hydrogen-bond acceptors (Lipinski definition) is 4. The molecule has 1 aromatic rings. The highest BCUT2D eigenvalue weighted by molar-refractivity contribution is 6.31. The van der Waals surface area contributed by atoms with Crippen LogP contribution < -0.4 is 15.4 Å². The highest BCUT2D eigenvalue weighted by Gasteiger charge is 2.13. The summed E-state index contributed by atoms with van der Waals surface area (Å²) >= 11 is 5.81. The minimum atomic E-state index is -1.50. The Balaban J connectivity index is 2.50. The normalized spacial score (nSPS) is 11.6. The van der Waals surface area contributed by atoms with E-state index in [1.807, 2.05) is 0 Å². The van der Waals surface area contributed by atoms with Gasteiger partial charge in [0.2, 0.25) is 0 Å². The second kappa shape index (κ2) is 7.56. The van der Waals surface area contributed by atoms with Gasteiger partial charge in [-0.25, -0.2) is 9.59 Å². The van der Waals surface area contributed by atoms with Gasteiger partial charge in [-0.2, -0.15) is 0 Å². The van der Waals surface area contributed by atoms with Crippen LogP contribution in [0.25, 0.3) is 0 Å². The number of aliphatic hydroxyl groups is 1. The van der Waals surface area contributed by atoms with E-state index in [2.05, 4.69) is 10.6 Å². The SMILES string of the molecule is COc1ccc(Cl)cc1NC(=O)NCC[C@H](O)C(=O)O. The predicted octanol–water partition coefficient (Wildman–Crippen LogP) is 1.31. The van der Waals surface area contributed by atoms with Gasteiger partial charge in [-0.15, -0.1) is 0 Å². The number of urea groups is 1. The number of aliphatic hydroxyl groups excluding tert-OH is 1. The minimum Gasteiger partial charge on any atom is -0.495 e. The van der Waals surface area contributed by atoms with Crippen LogP contribution in [0, 0.1) is 0 Å². The summed E-state index contributed by atoms with van der Waals surface area (Å²) in [6.07, 6.45) is -1.59. The van der Waals surface area contributed by atoms with E-state index in [4.69, 9.17) is 26.6 Å². The topological polar surface area (TPSA) is 108 Å². The number of carboxylic acid groups (broad SMARTS) is 1. The molecule has 1 rings (SSSR count). The molecule has 0 saturated heterocycles. The number of carbonyl (C=O) groups excluding carboxylic acids is 1. The van der Waals surface area contributed by atoms with Crippen molar-refractivity contribution in [1.82, 2.24) is 5.32 Å². The Labute approximate surface area is 120 Å². The van der Waals surface area contributed by atoms with Crippen molar-refractivity contribution in [1.29, 1.82) is 0 Å². The van der Waals surface area contributed by atoms with Gasteiger partial charge in [0, 0.05) is 18.0 Å². The standard InChI is InChI=1S/C12H15ClN2O5/c1-20-10-3-2-7(13)6-8(10)15-12(19)14-5-4-9(16)11(17)18/h2-3,6,9,16H,4-5H2,1H3,(H,17,18)(H2,14,15,19)/t9-/m0/s1. The summed E-state index contributed by atoms with van der Waals surface area (Å²) in [5.74, 6) is -0.890. The van der Waals surface area contributed by atoms with E-state index in [1.54, 1.807) is 12.1 Å². The fourth-order valence-electron chi connectivity index (χ4n) is 1.39. The zero-order valence-corrected chi connectivity index (χ0v) is 11.5. The third-order valence-electron chi connectivity index (χ3n) is 2.40. The number of amides is 2. The number of ether oxygens (including phenoxy) is 1. The van der Waals surface area contributed by atoms with E-state index in [-0.39, 0.29) is 13.0 Å². The van der Waals surface area contributed by atoms with Crippen molar-refractivity contribution in [3.63, 3.8) is 0 Å². The fraction of sp³-hybridized carbons (Fsp3) is 0.333. The zero-order chi connectivity index (χ0) is 15.1. The molecule has 1 aromatic carbocycles. The van der Waals surface area contributed by atoms with Gasteiger partial charge < -0.3 is 25.6 Å². The first-order chi connectivity index (χ1) is 9.43. The molecule has 110 valence electrons. The van der Waals surface area contributed by atoms with Crippen molar-refractivity contribution in [2.75, 3.05) is 19.0 Å². The second-order valence-electron chi connectivity index (χ2n) is 3.87. The summed E-state index contributed by atoms with van der Waals surface area (Å²) in [7, 11) is 1.45. The number of nitrogens with one attached hydrogen (secondary N) is 2. The number of benzene rings is 1. The molecule has 0 unspecified atom stereocenters. The molecule has 0 heterocycles. The van der Waals surface area contributed by atoms with Crippen LogP contribution in [0.2, 0.25) is 5.02 Å². The van der Waals surface area contributed by atoms with E-state index in [9.17, 15) is 9.59 Å². The third-order valence-corrected chi connectivity index (χ3v) is 2.63. The number of carboxylic acids is 1. The van der Waals surface area contributed by atoms with E-state index < -0.39 is 18.1 Å². The summed E-state index contributed by atoms with van der Waals surface area (Å²) < 4.78 is 5.06. The Morgan fingerprint density at radius 3 is 2.75 bits per heavy atom. The van der Waals surface area contributed by atoms with E-state index >= 15 is 0 Å². The number of rotatable bonds is 6. The van der Waals surface area contributed by atoms with Crippen molar-refractivity contribution in [3.8, 4) is 5.75 Å². The monoisotopic (exact) mass is 302 g/mol. The summed E-state index contributed by atoms with van der Waals surface area (Å²) in [6.45, 7) is 0.0161. The summed E-state index contributed by atoms with van der Waals surface area (Å²) in [5.41, 5.74) is 0.385. The maximum atomic E-state index is 11.6. The van der Waals surface area contributed by atoms with Crippen LogP contribution in [0.4, 0.5) is 10.5 Å². The van der Waals surface area contributed by atoms with Gasteiger partial charge in [0.1, 0.15) is 5.75 Å². The van der Waals surface area contributed by atoms with Crippen LogP contribution in [0.1, 0.15) is 6.42 Å². The number of aliphatic carboxylic acids is 1. The smallest absolute Gasteiger partial charge is 0.332 e. The Kier molecular flexibility index (Phi) is 6.08. The van der Waals surface area contributed by atoms with Gasteiger partial charge in [-0.1, -0.05) is 11.6 Å². The molecule has 0 aromatic heterocycles. The van der Waals surface area contributed by atoms with Gasteiger partial charge in [0.05, 0.1) is 12.8 Å². The van der Waals surface area contributed by atoms with E-state index in [1.165, 1.54) is 13.2 Å². The van der Waals surface area contributed by atoms with Gasteiger partial charge in [0.15, 0.2) is 6.10 Å². The Morgan fingerprint density at radius 1 is 1.45 bits per heavy atom. The lowest BCUT2D eigenvalue weighted by Gasteiger charge is -2.12. The van der Waals surface area contributed by atoms with Crippen LogP contribution in [0.3, 0.4) is 0 Å². The van der Waals surface area contributed by atoms with Gasteiger partial charge in [-0.3, -0.25) is 0 Å². The predicted molar refractivity (Wildman–Crippen MR) is 73.3 cm³/mol. The molecule has 20 heavy (non-hydrogen) atoms. The first-order valence-corrected chi connectivity index (χ1v) is 6.11. The molecule has 0 aliphatic rings. The van der Waals surface area contributed by atoms with Crippen molar-refractivity contribution in [3.05, 3.63) is 23.2 Å². The largest absolute Gasteiger partial charge is 0.495 e. The average Bonchev–Trinajstić information content (AvgIpc) is 2.38. The molecule has 0 saturated carbocycles. The number of carbonyl (C=O) groups is 2. The lowest BCUT2D eigenvalue weighted by molar-refractivity contribution is -0.146. The molecule has 4 N–H and O–H groups in total. The lowest BCUT2D eigenvalue weighted by atomic mass is 10.2. The van der Waals surface area contributed by atoms with Crippen LogP contribution in [-0.2, 0) is 4.79 Å². The maximum Gasteiger partial charge on any atom is 0.332 e. The fourth-order valence-corrected chi connectivity index (χ4v) is 1.56. The average molecular weight is 303 g/mol. The number of anilines is 1. The zero-order valence-electron chi connectivity index (χ0n) is 10.7. The molecule has 0 spiro atoms. The van der Waals surface area contributed by atoms with Crippen molar-refractivity contribution in [2.45, 2.75) is 12.5 Å². The molecule has 1 atom stereocenters. The molecule has 0 aliphatic heterocycles. The van der Waals surface area contributed by atoms with Crippen LogP contribution >= 0.6 is 11.6 Å². The molecule has 7 nitrogen and oxygen atoms in total. The Hall–Kier alpha value is -1.99. The second-order valence-corrected chi connectivity index (χ2v) is 4.30. The number of methoxy groups -OCH3 is 1. The van der Waals surface area contributed by atoms with E-state index in [0.717, 1.165) is 0 Å². The quantitative estimate of drug-likeness (QED) is 0.633. The molecular weight excluding hydrogens is 288 g/mol. The third kappa shape index (κ3) is 4.94. The minimum absolute atomic E-state index is 0.0161. The Bertz CT molecular complexity index is 495. The van der Waals surface area contributed by atoms with Gasteiger partial charge >= 0.3 is 12.0 Å². The highest BCUT2D eigenvalue weighted by Crippen LogP contribution is 2.27. The van der Waals surface area contributed by atoms with Gasteiger partial charge in [-0.05, 0) is 18.2 Å². The van der Waals surface area contributed by atoms with Crippen molar-refractivity contribution >= 4 is 29.3 Å². The highest BCUT2D eigenvalue weighted by atomic mass is 35.5. The van der Waals surface area contributed by atoms with Gasteiger partial charge in [0.25, 0.3) is 0 Å². The van der Waals surface area contributed by atoms with Crippen LogP contribution in [-0.4, -0.2) is 42.0 Å². The Morgan fingerprint density at radius 2 is 2.15 bits per heavy atom. The molecule has 0 bridgehead atoms. The van der Waals surface area contributed by atoms with Crippen molar-refractivity contribution in [2.24, 2.45) is 0 Å². The summed E-state index contributed by atoms with van der Waals surface area (Å²) in [4.78, 5) is 22.0. The number of halogens is 1. The maximum absolute atomic E-state index is 11.6. The molecular formula is C12H15ClN2O5. The van der Waals surface area contributed by atoms with Crippen molar-refractivity contribution < 1.29 is 24.5 Å². The molecule has 8 heteroatoms. The summed E-state index contributed by atoms with van der Waals surface area (Å²) in [5, 5.41) is 22.9.